The second kappa shape index (κ2) is 10.1. The summed E-state index contributed by atoms with van der Waals surface area (Å²) in [6.45, 7) is 4.61. The average molecular weight is 602 g/mol. The molecule has 2 fully saturated rings. The molecule has 4 aliphatic rings. The highest BCUT2D eigenvalue weighted by molar-refractivity contribution is 6.16. The van der Waals surface area contributed by atoms with Crippen LogP contribution in [-0.2, 0) is 25.9 Å². The molecule has 8 rings (SSSR count). The normalized spacial score (nSPS) is 23.0. The number of halogens is 2. The Morgan fingerprint density at radius 2 is 2.09 bits per heavy atom. The van der Waals surface area contributed by atoms with Crippen LogP contribution in [0.15, 0.2) is 30.5 Å². The Morgan fingerprint density at radius 1 is 1.20 bits per heavy atom. The minimum absolute atomic E-state index is 0.0214. The third kappa shape index (κ3) is 4.21. The van der Waals surface area contributed by atoms with Crippen LogP contribution in [0.2, 0.25) is 0 Å². The summed E-state index contributed by atoms with van der Waals surface area (Å²) in [5.74, 6) is -0.244. The number of phenols is 1. The maximum absolute atomic E-state index is 15.0. The molecular formula is C32H33F2N7O3. The molecule has 0 aliphatic carbocycles. The first-order valence-corrected chi connectivity index (χ1v) is 15.3. The monoisotopic (exact) mass is 601 g/mol. The van der Waals surface area contributed by atoms with Crippen molar-refractivity contribution in [2.75, 3.05) is 36.0 Å². The van der Waals surface area contributed by atoms with Gasteiger partial charge in [-0.05, 0) is 48.9 Å². The molecule has 0 radical (unpaired) electrons. The fraction of sp³-hybridized carbons (Fsp3) is 0.438. The lowest BCUT2D eigenvalue weighted by atomic mass is 9.95. The van der Waals surface area contributed by atoms with Gasteiger partial charge in [-0.15, -0.1) is 0 Å². The Kier molecular flexibility index (Phi) is 6.26. The first kappa shape index (κ1) is 27.2. The average Bonchev–Trinajstić information content (AvgIpc) is 3.77. The van der Waals surface area contributed by atoms with Crippen molar-refractivity contribution in [2.45, 2.75) is 63.8 Å². The quantitative estimate of drug-likeness (QED) is 0.334. The molecule has 6 heterocycles. The van der Waals surface area contributed by atoms with Crippen LogP contribution in [0.4, 0.5) is 20.3 Å². The molecule has 2 saturated heterocycles. The number of rotatable bonds is 6. The summed E-state index contributed by atoms with van der Waals surface area (Å²) in [7, 11) is 0. The summed E-state index contributed by atoms with van der Waals surface area (Å²) < 4.78 is 35.7. The van der Waals surface area contributed by atoms with Gasteiger partial charge in [-0.25, -0.2) is 8.78 Å². The molecule has 2 unspecified atom stereocenters. The minimum Gasteiger partial charge on any atom is -0.508 e. The van der Waals surface area contributed by atoms with Gasteiger partial charge in [0.15, 0.2) is 0 Å². The molecule has 44 heavy (non-hydrogen) atoms. The molecule has 228 valence electrons. The van der Waals surface area contributed by atoms with Gasteiger partial charge < -0.3 is 19.6 Å². The number of amides is 1. The van der Waals surface area contributed by atoms with Crippen LogP contribution in [0.25, 0.3) is 10.8 Å². The molecule has 0 spiro atoms. The standard InChI is InChI=1S/C32H33F2N7O3/c1-2-22-23(34)5-4-18-10-21(42)11-26(27(18)22)41-16-25-28(30(41)43)29(39-9-6-24-19(14-39)13-35-38-24)37-31(36-25)44-17-32-7-3-8-40(32)15-20(33)12-32/h4-5,10-11,13,20,42H,2-3,6-9,12,14-17H2,1H3,(H,35,38). The van der Waals surface area contributed by atoms with Gasteiger partial charge >= 0.3 is 6.01 Å². The van der Waals surface area contributed by atoms with Gasteiger partial charge in [-0.2, -0.15) is 15.1 Å². The number of aromatic nitrogens is 4. The van der Waals surface area contributed by atoms with Gasteiger partial charge in [-0.3, -0.25) is 14.8 Å². The van der Waals surface area contributed by atoms with Crippen LogP contribution in [0.3, 0.4) is 0 Å². The maximum atomic E-state index is 15.0. The number of aryl methyl sites for hydroxylation is 1. The van der Waals surface area contributed by atoms with Gasteiger partial charge in [0.1, 0.15) is 35.7 Å². The molecule has 12 heteroatoms. The summed E-state index contributed by atoms with van der Waals surface area (Å²) in [5.41, 5.74) is 3.46. The number of carbonyl (C=O) groups is 1. The van der Waals surface area contributed by atoms with Crippen molar-refractivity contribution >= 4 is 28.2 Å². The fourth-order valence-corrected chi connectivity index (χ4v) is 7.74. The van der Waals surface area contributed by atoms with E-state index in [1.165, 1.54) is 12.1 Å². The number of ether oxygens (including phenoxy) is 1. The van der Waals surface area contributed by atoms with Crippen LogP contribution in [-0.4, -0.2) is 74.0 Å². The number of hydrogen-bond acceptors (Lipinski definition) is 8. The molecule has 4 aromatic rings. The van der Waals surface area contributed by atoms with Gasteiger partial charge in [-0.1, -0.05) is 13.0 Å². The molecule has 2 atom stereocenters. The molecule has 2 aromatic heterocycles. The third-order valence-corrected chi connectivity index (χ3v) is 9.82. The van der Waals surface area contributed by atoms with E-state index >= 15 is 0 Å². The van der Waals surface area contributed by atoms with E-state index in [0.29, 0.717) is 78.0 Å². The first-order chi connectivity index (χ1) is 21.3. The van der Waals surface area contributed by atoms with Crippen molar-refractivity contribution < 1.29 is 23.4 Å². The number of nitrogens with zero attached hydrogens (tertiary/aromatic N) is 6. The lowest BCUT2D eigenvalue weighted by Crippen LogP contribution is -2.43. The molecule has 2 aromatic carbocycles. The number of nitrogens with one attached hydrogen (secondary N) is 1. The Labute approximate surface area is 252 Å². The van der Waals surface area contributed by atoms with E-state index in [1.54, 1.807) is 23.2 Å². The minimum atomic E-state index is -0.881. The zero-order valence-electron chi connectivity index (χ0n) is 24.4. The zero-order chi connectivity index (χ0) is 30.2. The van der Waals surface area contributed by atoms with E-state index < -0.39 is 6.17 Å². The summed E-state index contributed by atoms with van der Waals surface area (Å²) >= 11 is 0. The number of carbonyl (C=O) groups excluding carboxylic acids is 1. The summed E-state index contributed by atoms with van der Waals surface area (Å²) in [6, 6.07) is 6.24. The van der Waals surface area contributed by atoms with E-state index in [2.05, 4.69) is 15.1 Å². The third-order valence-electron chi connectivity index (χ3n) is 9.82. The SMILES string of the molecule is CCc1c(F)ccc2cc(O)cc(N3Cc4nc(OCC56CCCN5CC(F)C6)nc(N5CCc6[nH]ncc6C5)c4C3=O)c12. The highest BCUT2D eigenvalue weighted by Gasteiger charge is 2.49. The van der Waals surface area contributed by atoms with Gasteiger partial charge in [0.25, 0.3) is 5.91 Å². The van der Waals surface area contributed by atoms with Crippen LogP contribution in [0, 0.1) is 5.82 Å². The number of aromatic amines is 1. The highest BCUT2D eigenvalue weighted by Crippen LogP contribution is 2.43. The van der Waals surface area contributed by atoms with Crippen molar-refractivity contribution in [3.63, 3.8) is 0 Å². The fourth-order valence-electron chi connectivity index (χ4n) is 7.74. The lowest BCUT2D eigenvalue weighted by Gasteiger charge is -2.31. The lowest BCUT2D eigenvalue weighted by molar-refractivity contribution is 0.0996. The maximum Gasteiger partial charge on any atom is 0.318 e. The van der Waals surface area contributed by atoms with Crippen LogP contribution < -0.4 is 14.5 Å². The number of aromatic hydroxyl groups is 1. The van der Waals surface area contributed by atoms with E-state index in [1.807, 2.05) is 11.8 Å². The van der Waals surface area contributed by atoms with E-state index in [-0.39, 0.29) is 42.2 Å². The Hall–Kier alpha value is -4.32. The Balaban J connectivity index is 1.20. The second-order valence-electron chi connectivity index (χ2n) is 12.4. The van der Waals surface area contributed by atoms with Crippen molar-refractivity contribution in [3.05, 3.63) is 64.4 Å². The van der Waals surface area contributed by atoms with Crippen molar-refractivity contribution in [2.24, 2.45) is 0 Å². The van der Waals surface area contributed by atoms with Crippen LogP contribution in [0.1, 0.15) is 59.1 Å². The smallest absolute Gasteiger partial charge is 0.318 e. The summed E-state index contributed by atoms with van der Waals surface area (Å²) in [4.78, 5) is 29.6. The van der Waals surface area contributed by atoms with Gasteiger partial charge in [0.2, 0.25) is 0 Å². The van der Waals surface area contributed by atoms with E-state index in [4.69, 9.17) is 14.7 Å². The number of fused-ring (bicyclic) bond motifs is 4. The number of alkyl halides is 1. The predicted octanol–water partition coefficient (Wildman–Crippen LogP) is 4.44. The van der Waals surface area contributed by atoms with Crippen LogP contribution in [0.5, 0.6) is 11.8 Å². The highest BCUT2D eigenvalue weighted by atomic mass is 19.1. The van der Waals surface area contributed by atoms with Gasteiger partial charge in [0.05, 0.1) is 29.7 Å². The predicted molar refractivity (Wildman–Crippen MR) is 159 cm³/mol. The topological polar surface area (TPSA) is 111 Å². The van der Waals surface area contributed by atoms with E-state index in [0.717, 1.165) is 30.6 Å². The Morgan fingerprint density at radius 3 is 2.95 bits per heavy atom. The van der Waals surface area contributed by atoms with Gasteiger partial charge in [0, 0.05) is 55.2 Å². The molecular weight excluding hydrogens is 568 g/mol. The molecule has 4 aliphatic heterocycles. The zero-order valence-corrected chi connectivity index (χ0v) is 24.4. The van der Waals surface area contributed by atoms with Crippen LogP contribution >= 0.6 is 0 Å². The number of anilines is 2. The van der Waals surface area contributed by atoms with E-state index in [9.17, 15) is 18.7 Å². The second-order valence-corrected chi connectivity index (χ2v) is 12.4. The number of H-pyrrole nitrogens is 1. The summed E-state index contributed by atoms with van der Waals surface area (Å²) in [6.07, 6.45) is 4.30. The van der Waals surface area contributed by atoms with Crippen molar-refractivity contribution in [1.29, 1.82) is 0 Å². The number of hydrogen-bond donors (Lipinski definition) is 2. The molecule has 1 amide bonds. The largest absolute Gasteiger partial charge is 0.508 e. The van der Waals surface area contributed by atoms with Crippen molar-refractivity contribution in [3.8, 4) is 11.8 Å². The molecule has 0 bridgehead atoms. The molecule has 0 saturated carbocycles. The Bertz CT molecular complexity index is 1810. The molecule has 10 nitrogen and oxygen atoms in total. The molecule has 2 N–H and O–H groups in total. The number of phenolic OH excluding ortho intramolecular Hbond substituents is 1. The first-order valence-electron chi connectivity index (χ1n) is 15.3. The van der Waals surface area contributed by atoms with Crippen molar-refractivity contribution in [1.82, 2.24) is 25.1 Å². The summed E-state index contributed by atoms with van der Waals surface area (Å²) in [5, 5.41) is 19.1. The number of benzene rings is 2.